The van der Waals surface area contributed by atoms with Gasteiger partial charge in [-0.1, -0.05) is 18.2 Å². The Kier molecular flexibility index (Phi) is 8.62. The monoisotopic (exact) mass is 529 g/mol. The SMILES string of the molecule is Cc1cc(C)c(CNC(=O)c2cc(-c3cccc(CN(C)CCN(C)C)c3)nc3c2cnn3C(C)C)c(=O)[nH]1. The molecule has 0 aliphatic rings. The molecule has 0 aliphatic heterocycles. The lowest BCUT2D eigenvalue weighted by atomic mass is 10.0. The van der Waals surface area contributed by atoms with E-state index in [1.165, 1.54) is 5.56 Å². The molecule has 2 N–H and O–H groups in total. The van der Waals surface area contributed by atoms with Crippen LogP contribution in [0.5, 0.6) is 0 Å². The number of H-pyrrole nitrogens is 1. The van der Waals surface area contributed by atoms with E-state index in [9.17, 15) is 9.59 Å². The molecule has 0 radical (unpaired) electrons. The molecule has 1 amide bonds. The fourth-order valence-electron chi connectivity index (χ4n) is 4.69. The molecule has 9 heteroatoms. The molecule has 3 aromatic heterocycles. The highest BCUT2D eigenvalue weighted by atomic mass is 16.1. The first-order chi connectivity index (χ1) is 18.5. The molecular weight excluding hydrogens is 490 g/mol. The summed E-state index contributed by atoms with van der Waals surface area (Å²) in [5.41, 5.74) is 5.95. The van der Waals surface area contributed by atoms with Gasteiger partial charge in [-0.25, -0.2) is 9.67 Å². The molecule has 39 heavy (non-hydrogen) atoms. The number of carbonyl (C=O) groups is 1. The summed E-state index contributed by atoms with van der Waals surface area (Å²) < 4.78 is 1.84. The fraction of sp³-hybridized carbons (Fsp3) is 0.400. The van der Waals surface area contributed by atoms with E-state index in [0.29, 0.717) is 27.9 Å². The van der Waals surface area contributed by atoms with Crippen molar-refractivity contribution in [2.75, 3.05) is 34.2 Å². The van der Waals surface area contributed by atoms with Gasteiger partial charge in [-0.15, -0.1) is 0 Å². The van der Waals surface area contributed by atoms with Crippen molar-refractivity contribution in [1.29, 1.82) is 0 Å². The van der Waals surface area contributed by atoms with Crippen molar-refractivity contribution in [3.63, 3.8) is 0 Å². The highest BCUT2D eigenvalue weighted by Crippen LogP contribution is 2.27. The van der Waals surface area contributed by atoms with Gasteiger partial charge < -0.3 is 20.1 Å². The minimum absolute atomic E-state index is 0.0756. The van der Waals surface area contributed by atoms with Crippen molar-refractivity contribution in [3.8, 4) is 11.3 Å². The minimum Gasteiger partial charge on any atom is -0.348 e. The number of fused-ring (bicyclic) bond motifs is 1. The van der Waals surface area contributed by atoms with Crippen molar-refractivity contribution in [2.45, 2.75) is 46.8 Å². The summed E-state index contributed by atoms with van der Waals surface area (Å²) in [4.78, 5) is 38.2. The zero-order chi connectivity index (χ0) is 28.3. The molecule has 0 atom stereocenters. The first-order valence-corrected chi connectivity index (χ1v) is 13.3. The van der Waals surface area contributed by atoms with Crippen LogP contribution in [0.15, 0.2) is 47.4 Å². The highest BCUT2D eigenvalue weighted by Gasteiger charge is 2.19. The number of likely N-dealkylation sites (N-methyl/N-ethyl adjacent to an activating group) is 2. The summed E-state index contributed by atoms with van der Waals surface area (Å²) in [6.45, 7) is 10.7. The molecule has 0 saturated heterocycles. The van der Waals surface area contributed by atoms with Crippen LogP contribution in [0.25, 0.3) is 22.3 Å². The molecule has 1 aromatic carbocycles. The summed E-state index contributed by atoms with van der Waals surface area (Å²) in [7, 11) is 6.27. The number of hydrogen-bond donors (Lipinski definition) is 2. The van der Waals surface area contributed by atoms with Crippen molar-refractivity contribution < 1.29 is 4.79 Å². The lowest BCUT2D eigenvalue weighted by molar-refractivity contribution is 0.0952. The van der Waals surface area contributed by atoms with Crippen LogP contribution in [0.2, 0.25) is 0 Å². The van der Waals surface area contributed by atoms with Crippen LogP contribution in [-0.4, -0.2) is 69.7 Å². The van der Waals surface area contributed by atoms with Gasteiger partial charge in [0.25, 0.3) is 11.5 Å². The Morgan fingerprint density at radius 2 is 1.87 bits per heavy atom. The number of pyridine rings is 2. The molecular formula is C30H39N7O2. The van der Waals surface area contributed by atoms with Gasteiger partial charge in [-0.05, 0) is 78.2 Å². The molecule has 0 aliphatic carbocycles. The van der Waals surface area contributed by atoms with Crippen LogP contribution in [0.4, 0.5) is 0 Å². The number of rotatable bonds is 10. The Morgan fingerprint density at radius 3 is 2.56 bits per heavy atom. The van der Waals surface area contributed by atoms with Crippen LogP contribution in [0.3, 0.4) is 0 Å². The Bertz CT molecular complexity index is 1530. The largest absolute Gasteiger partial charge is 0.348 e. The van der Waals surface area contributed by atoms with E-state index < -0.39 is 0 Å². The summed E-state index contributed by atoms with van der Waals surface area (Å²) in [5.74, 6) is -0.272. The Labute approximate surface area is 229 Å². The number of amides is 1. The third-order valence-electron chi connectivity index (χ3n) is 6.82. The minimum atomic E-state index is -0.272. The Morgan fingerprint density at radius 1 is 1.10 bits per heavy atom. The van der Waals surface area contributed by atoms with Gasteiger partial charge in [0.1, 0.15) is 0 Å². The molecule has 9 nitrogen and oxygen atoms in total. The van der Waals surface area contributed by atoms with Crippen molar-refractivity contribution in [2.24, 2.45) is 0 Å². The first kappa shape index (κ1) is 28.2. The van der Waals surface area contributed by atoms with Gasteiger partial charge >= 0.3 is 0 Å². The molecule has 0 saturated carbocycles. The fourth-order valence-corrected chi connectivity index (χ4v) is 4.69. The van der Waals surface area contributed by atoms with E-state index in [1.54, 1.807) is 6.20 Å². The van der Waals surface area contributed by atoms with E-state index in [-0.39, 0.29) is 24.1 Å². The van der Waals surface area contributed by atoms with E-state index in [2.05, 4.69) is 58.5 Å². The number of hydrogen-bond acceptors (Lipinski definition) is 6. The average Bonchev–Trinajstić information content (AvgIpc) is 3.31. The number of aryl methyl sites for hydroxylation is 2. The third kappa shape index (κ3) is 6.61. The summed E-state index contributed by atoms with van der Waals surface area (Å²) in [6, 6.07) is 12.1. The predicted molar refractivity (Wildman–Crippen MR) is 156 cm³/mol. The number of aromatic amines is 1. The maximum Gasteiger partial charge on any atom is 0.253 e. The van der Waals surface area contributed by atoms with Gasteiger partial charge in [0.05, 0.1) is 22.8 Å². The van der Waals surface area contributed by atoms with Crippen molar-refractivity contribution in [3.05, 3.63) is 80.9 Å². The number of benzene rings is 1. The quantitative estimate of drug-likeness (QED) is 0.323. The number of nitrogens with zero attached hydrogens (tertiary/aromatic N) is 5. The molecule has 206 valence electrons. The van der Waals surface area contributed by atoms with E-state index in [4.69, 9.17) is 4.98 Å². The standard InChI is InChI=1S/C30H39N7O2/c1-19(2)37-28-26(17-32-37)24(29(38)31-16-25-20(3)13-21(4)33-30(25)39)15-27(34-28)23-10-8-9-22(14-23)18-36(7)12-11-35(5)6/h8-10,13-15,17,19H,11-12,16,18H2,1-7H3,(H,31,38)(H,33,39). The van der Waals surface area contributed by atoms with E-state index in [0.717, 1.165) is 36.5 Å². The molecule has 0 bridgehead atoms. The topological polar surface area (TPSA) is 99.2 Å². The van der Waals surface area contributed by atoms with Crippen molar-refractivity contribution >= 4 is 16.9 Å². The van der Waals surface area contributed by atoms with Crippen molar-refractivity contribution in [1.82, 2.24) is 34.9 Å². The number of aromatic nitrogens is 4. The van der Waals surface area contributed by atoms with E-state index in [1.807, 2.05) is 56.6 Å². The first-order valence-electron chi connectivity index (χ1n) is 13.3. The third-order valence-corrected chi connectivity index (χ3v) is 6.82. The zero-order valence-corrected chi connectivity index (χ0v) is 24.0. The second-order valence-electron chi connectivity index (χ2n) is 10.8. The van der Waals surface area contributed by atoms with Gasteiger partial charge in [-0.3, -0.25) is 9.59 Å². The average molecular weight is 530 g/mol. The van der Waals surface area contributed by atoms with Crippen LogP contribution in [0.1, 0.15) is 52.6 Å². The van der Waals surface area contributed by atoms with Crippen LogP contribution in [-0.2, 0) is 13.1 Å². The smallest absolute Gasteiger partial charge is 0.253 e. The second kappa shape index (κ2) is 11.9. The summed E-state index contributed by atoms with van der Waals surface area (Å²) in [5, 5.41) is 8.16. The molecule has 3 heterocycles. The molecule has 0 spiro atoms. The number of carbonyl (C=O) groups excluding carboxylic acids is 1. The molecule has 4 aromatic rings. The van der Waals surface area contributed by atoms with Crippen LogP contribution < -0.4 is 10.9 Å². The van der Waals surface area contributed by atoms with Crippen LogP contribution >= 0.6 is 0 Å². The predicted octanol–water partition coefficient (Wildman–Crippen LogP) is 3.91. The van der Waals surface area contributed by atoms with Gasteiger partial charge in [0, 0.05) is 49.0 Å². The lowest BCUT2D eigenvalue weighted by Crippen LogP contribution is -2.28. The normalized spacial score (nSPS) is 11.7. The molecule has 0 fully saturated rings. The van der Waals surface area contributed by atoms with Gasteiger partial charge in [0.2, 0.25) is 0 Å². The molecule has 4 rings (SSSR count). The van der Waals surface area contributed by atoms with Gasteiger partial charge in [0.15, 0.2) is 5.65 Å². The maximum absolute atomic E-state index is 13.5. The highest BCUT2D eigenvalue weighted by molar-refractivity contribution is 6.06. The second-order valence-corrected chi connectivity index (χ2v) is 10.8. The zero-order valence-electron chi connectivity index (χ0n) is 24.0. The van der Waals surface area contributed by atoms with E-state index >= 15 is 0 Å². The summed E-state index contributed by atoms with van der Waals surface area (Å²) >= 11 is 0. The Hall–Kier alpha value is -3.82. The Balaban J connectivity index is 1.68. The lowest BCUT2D eigenvalue weighted by Gasteiger charge is -2.19. The van der Waals surface area contributed by atoms with Crippen LogP contribution in [0, 0.1) is 13.8 Å². The number of nitrogens with one attached hydrogen (secondary N) is 2. The maximum atomic E-state index is 13.5. The summed E-state index contributed by atoms with van der Waals surface area (Å²) in [6.07, 6.45) is 1.70. The molecule has 0 unspecified atom stereocenters. The van der Waals surface area contributed by atoms with Gasteiger partial charge in [-0.2, -0.15) is 5.10 Å².